The highest BCUT2D eigenvalue weighted by Gasteiger charge is 2.19. The summed E-state index contributed by atoms with van der Waals surface area (Å²) in [6.45, 7) is 0.760. The maximum atomic E-state index is 4.70. The topological polar surface area (TPSA) is 16.8 Å². The van der Waals surface area contributed by atoms with Crippen molar-refractivity contribution in [3.05, 3.63) is 96.7 Å². The third kappa shape index (κ3) is 2.71. The highest BCUT2D eigenvalue weighted by Crippen LogP contribution is 2.24. The van der Waals surface area contributed by atoms with Crippen LogP contribution in [0.3, 0.4) is 0 Å². The number of rotatable bonds is 3. The van der Waals surface area contributed by atoms with Gasteiger partial charge in [0.05, 0.1) is 5.39 Å². The average Bonchev–Trinajstić information content (AvgIpc) is 2.63. The molecule has 0 unspecified atom stereocenters. The number of hydrogen-bond donors (Lipinski definition) is 0. The third-order valence-electron chi connectivity index (χ3n) is 4.03. The van der Waals surface area contributed by atoms with Gasteiger partial charge in [-0.05, 0) is 23.3 Å². The van der Waals surface area contributed by atoms with Gasteiger partial charge in [-0.15, -0.1) is 0 Å². The molecule has 0 fully saturated rings. The summed E-state index contributed by atoms with van der Waals surface area (Å²) in [5, 5.41) is 7.08. The van der Waals surface area contributed by atoms with Crippen LogP contribution in [0.25, 0.3) is 22.0 Å². The highest BCUT2D eigenvalue weighted by atomic mass is 15.3. The predicted octanol–water partition coefficient (Wildman–Crippen LogP) is 4.24. The van der Waals surface area contributed by atoms with E-state index in [0.29, 0.717) is 0 Å². The van der Waals surface area contributed by atoms with E-state index in [9.17, 15) is 0 Å². The molecule has 0 aliphatic carbocycles. The van der Waals surface area contributed by atoms with E-state index in [1.54, 1.807) is 0 Å². The van der Waals surface area contributed by atoms with Crippen molar-refractivity contribution in [2.24, 2.45) is 0 Å². The molecular formula is C21H17N2+. The SMILES string of the molecule is c1ccc(C[n+]2ncc3ccccc3c2-c2ccccc2)cc1. The zero-order chi connectivity index (χ0) is 15.5. The molecule has 0 atom stereocenters. The summed E-state index contributed by atoms with van der Waals surface area (Å²) in [5.74, 6) is 0. The summed E-state index contributed by atoms with van der Waals surface area (Å²) in [7, 11) is 0. The zero-order valence-corrected chi connectivity index (χ0v) is 12.8. The molecule has 2 nitrogen and oxygen atoms in total. The number of hydrogen-bond acceptors (Lipinski definition) is 1. The second-order valence-electron chi connectivity index (χ2n) is 5.59. The molecule has 0 amide bonds. The van der Waals surface area contributed by atoms with Crippen LogP contribution in [0.1, 0.15) is 5.56 Å². The molecule has 0 spiro atoms. The van der Waals surface area contributed by atoms with Gasteiger partial charge in [0.25, 0.3) is 0 Å². The Kier molecular flexibility index (Phi) is 3.57. The molecule has 0 N–H and O–H groups in total. The third-order valence-corrected chi connectivity index (χ3v) is 4.03. The summed E-state index contributed by atoms with van der Waals surface area (Å²) in [5.41, 5.74) is 3.60. The minimum Gasteiger partial charge on any atom is -0.0787 e. The van der Waals surface area contributed by atoms with Crippen molar-refractivity contribution in [2.75, 3.05) is 0 Å². The lowest BCUT2D eigenvalue weighted by Gasteiger charge is -2.06. The lowest BCUT2D eigenvalue weighted by atomic mass is 10.0. The molecule has 110 valence electrons. The monoisotopic (exact) mass is 297 g/mol. The van der Waals surface area contributed by atoms with Crippen molar-refractivity contribution in [1.29, 1.82) is 0 Å². The Balaban J connectivity index is 1.93. The van der Waals surface area contributed by atoms with Crippen LogP contribution in [0.5, 0.6) is 0 Å². The fourth-order valence-electron chi connectivity index (χ4n) is 2.93. The molecule has 4 rings (SSSR count). The fraction of sp³-hybridized carbons (Fsp3) is 0.0476. The van der Waals surface area contributed by atoms with E-state index >= 15 is 0 Å². The average molecular weight is 297 g/mol. The van der Waals surface area contributed by atoms with Gasteiger partial charge in [-0.2, -0.15) is 0 Å². The van der Waals surface area contributed by atoms with E-state index in [2.05, 4.69) is 77.5 Å². The van der Waals surface area contributed by atoms with E-state index in [4.69, 9.17) is 5.10 Å². The number of fused-ring (bicyclic) bond motifs is 1. The second kappa shape index (κ2) is 6.01. The highest BCUT2D eigenvalue weighted by molar-refractivity contribution is 5.92. The van der Waals surface area contributed by atoms with E-state index in [1.807, 2.05) is 18.3 Å². The summed E-state index contributed by atoms with van der Waals surface area (Å²) < 4.78 is 2.09. The quantitative estimate of drug-likeness (QED) is 0.517. The minimum absolute atomic E-state index is 0.760. The van der Waals surface area contributed by atoms with Crippen LogP contribution >= 0.6 is 0 Å². The first-order valence-electron chi connectivity index (χ1n) is 7.79. The summed E-state index contributed by atoms with van der Waals surface area (Å²) >= 11 is 0. The van der Waals surface area contributed by atoms with Crippen LogP contribution in [0.4, 0.5) is 0 Å². The minimum atomic E-state index is 0.760. The van der Waals surface area contributed by atoms with Gasteiger partial charge in [-0.1, -0.05) is 71.4 Å². The van der Waals surface area contributed by atoms with Crippen LogP contribution in [0.15, 0.2) is 91.1 Å². The Hall–Kier alpha value is -3.00. The Labute approximate surface area is 135 Å². The van der Waals surface area contributed by atoms with Crippen LogP contribution in [0.2, 0.25) is 0 Å². The molecule has 23 heavy (non-hydrogen) atoms. The molecule has 0 saturated carbocycles. The van der Waals surface area contributed by atoms with Gasteiger partial charge < -0.3 is 0 Å². The Morgan fingerprint density at radius 2 is 1.35 bits per heavy atom. The largest absolute Gasteiger partial charge is 0.247 e. The molecule has 0 saturated heterocycles. The molecule has 0 aliphatic rings. The smallest absolute Gasteiger partial charge is 0.0787 e. The van der Waals surface area contributed by atoms with Crippen LogP contribution in [0, 0.1) is 0 Å². The standard InChI is InChI=1S/C21H17N2/c1-3-9-17(10-4-1)16-23-21(18-11-5-2-6-12-18)20-14-8-7-13-19(20)15-22-23/h1-15H,16H2/q+1. The van der Waals surface area contributed by atoms with Crippen molar-refractivity contribution in [3.63, 3.8) is 0 Å². The van der Waals surface area contributed by atoms with Gasteiger partial charge in [-0.3, -0.25) is 0 Å². The second-order valence-corrected chi connectivity index (χ2v) is 5.59. The van der Waals surface area contributed by atoms with Gasteiger partial charge >= 0.3 is 0 Å². The van der Waals surface area contributed by atoms with Crippen molar-refractivity contribution in [1.82, 2.24) is 5.10 Å². The van der Waals surface area contributed by atoms with E-state index in [-0.39, 0.29) is 0 Å². The Morgan fingerprint density at radius 1 is 0.696 bits per heavy atom. The first kappa shape index (κ1) is 13.6. The molecular weight excluding hydrogens is 280 g/mol. The molecule has 0 radical (unpaired) electrons. The Bertz CT molecular complexity index is 931. The van der Waals surface area contributed by atoms with Gasteiger partial charge in [0.15, 0.2) is 6.54 Å². The van der Waals surface area contributed by atoms with Gasteiger partial charge in [0, 0.05) is 16.5 Å². The first-order valence-corrected chi connectivity index (χ1v) is 7.79. The van der Waals surface area contributed by atoms with E-state index < -0.39 is 0 Å². The van der Waals surface area contributed by atoms with Crippen molar-refractivity contribution < 1.29 is 4.68 Å². The van der Waals surface area contributed by atoms with Crippen LogP contribution in [-0.4, -0.2) is 5.10 Å². The molecule has 0 aliphatic heterocycles. The summed E-state index contributed by atoms with van der Waals surface area (Å²) in [6.07, 6.45) is 1.95. The maximum Gasteiger partial charge on any atom is 0.247 e. The lowest BCUT2D eigenvalue weighted by Crippen LogP contribution is -2.41. The number of nitrogens with zero attached hydrogens (tertiary/aromatic N) is 2. The molecule has 1 aromatic heterocycles. The Morgan fingerprint density at radius 3 is 2.13 bits per heavy atom. The van der Waals surface area contributed by atoms with E-state index in [0.717, 1.165) is 17.6 Å². The maximum absolute atomic E-state index is 4.70. The summed E-state index contributed by atoms with van der Waals surface area (Å²) in [6, 6.07) is 29.4. The lowest BCUT2D eigenvalue weighted by molar-refractivity contribution is -0.734. The van der Waals surface area contributed by atoms with E-state index in [1.165, 1.54) is 16.5 Å². The van der Waals surface area contributed by atoms with Crippen molar-refractivity contribution in [3.8, 4) is 11.3 Å². The van der Waals surface area contributed by atoms with Crippen LogP contribution in [-0.2, 0) is 6.54 Å². The normalized spacial score (nSPS) is 10.8. The number of aromatic nitrogens is 2. The van der Waals surface area contributed by atoms with Crippen molar-refractivity contribution in [2.45, 2.75) is 6.54 Å². The first-order chi connectivity index (χ1) is 11.4. The molecule has 3 aromatic carbocycles. The molecule has 4 aromatic rings. The predicted molar refractivity (Wildman–Crippen MR) is 92.9 cm³/mol. The molecule has 2 heteroatoms. The molecule has 0 bridgehead atoms. The zero-order valence-electron chi connectivity index (χ0n) is 12.8. The fourth-order valence-corrected chi connectivity index (χ4v) is 2.93. The van der Waals surface area contributed by atoms with Gasteiger partial charge in [-0.25, -0.2) is 0 Å². The summed E-state index contributed by atoms with van der Waals surface area (Å²) in [4.78, 5) is 0. The van der Waals surface area contributed by atoms with Crippen molar-refractivity contribution >= 4 is 10.8 Å². The molecule has 1 heterocycles. The van der Waals surface area contributed by atoms with Gasteiger partial charge in [0.2, 0.25) is 5.69 Å². The number of benzene rings is 3. The van der Waals surface area contributed by atoms with Crippen LogP contribution < -0.4 is 4.68 Å². The van der Waals surface area contributed by atoms with Gasteiger partial charge in [0.1, 0.15) is 6.20 Å².